The highest BCUT2D eigenvalue weighted by molar-refractivity contribution is 5.68. The molecule has 51 heavy (non-hydrogen) atoms. The number of imidazole rings is 2. The second-order valence-electron chi connectivity index (χ2n) is 14.1. The average Bonchev–Trinajstić information content (AvgIpc) is 3.87. The topological polar surface area (TPSA) is 81.7 Å². The predicted molar refractivity (Wildman–Crippen MR) is 177 cm³/mol. The van der Waals surface area contributed by atoms with E-state index in [-0.39, 0.29) is 19.4 Å². The number of pyridine rings is 2. The number of hydrogen-bond donors (Lipinski definition) is 1. The molecule has 0 radical (unpaired) electrons. The van der Waals surface area contributed by atoms with Crippen LogP contribution in [0.25, 0.3) is 22.5 Å². The number of nitrogens with zero attached hydrogens (tertiary/aromatic N) is 6. The second kappa shape index (κ2) is 14.3. The van der Waals surface area contributed by atoms with Crippen molar-refractivity contribution in [2.24, 2.45) is 5.92 Å². The fourth-order valence-electron chi connectivity index (χ4n) is 8.27. The van der Waals surface area contributed by atoms with Crippen molar-refractivity contribution in [2.45, 2.75) is 127 Å². The Hall–Kier alpha value is -3.81. The van der Waals surface area contributed by atoms with E-state index in [9.17, 15) is 35.8 Å². The van der Waals surface area contributed by atoms with E-state index in [0.29, 0.717) is 54.6 Å². The smallest absolute Gasteiger partial charge is 0.393 e. The third kappa shape index (κ3) is 7.43. The Morgan fingerprint density at radius 2 is 1.22 bits per heavy atom. The molecule has 0 aromatic carbocycles. The zero-order valence-electron chi connectivity index (χ0n) is 27.4. The van der Waals surface area contributed by atoms with E-state index in [0.717, 1.165) is 68.5 Å². The molecular weight excluding hydrogens is 677 g/mol. The molecule has 4 aliphatic rings. The first-order chi connectivity index (χ1) is 23.8. The molecule has 276 valence electrons. The Kier molecular flexibility index (Phi) is 10.4. The molecular formula is C37H43F7N6O. The van der Waals surface area contributed by atoms with Crippen LogP contribution in [-0.2, 0) is 12.4 Å². The van der Waals surface area contributed by atoms with Crippen molar-refractivity contribution >= 4 is 0 Å². The summed E-state index contributed by atoms with van der Waals surface area (Å²) in [6.07, 6.45) is 7.38. The molecule has 2 saturated carbocycles. The summed E-state index contributed by atoms with van der Waals surface area (Å²) >= 11 is 0. The first-order valence-electron chi connectivity index (χ1n) is 17.4. The summed E-state index contributed by atoms with van der Waals surface area (Å²) < 4.78 is 96.9. The molecule has 2 fully saturated rings. The Bertz CT molecular complexity index is 1800. The second-order valence-corrected chi connectivity index (χ2v) is 14.1. The molecule has 7 nitrogen and oxygen atoms in total. The van der Waals surface area contributed by atoms with Crippen LogP contribution in [0.15, 0.2) is 49.3 Å². The molecule has 8 rings (SSSR count). The normalized spacial score (nSPS) is 21.4. The quantitative estimate of drug-likeness (QED) is 0.201. The summed E-state index contributed by atoms with van der Waals surface area (Å²) in [6, 6.07) is 4.14. The summed E-state index contributed by atoms with van der Waals surface area (Å²) in [5.74, 6) is 0.218. The lowest BCUT2D eigenvalue weighted by molar-refractivity contribution is -0.142. The highest BCUT2D eigenvalue weighted by Crippen LogP contribution is 2.46. The highest BCUT2D eigenvalue weighted by Gasteiger charge is 2.40. The third-order valence-corrected chi connectivity index (χ3v) is 10.9. The third-order valence-electron chi connectivity index (χ3n) is 10.9. The van der Waals surface area contributed by atoms with E-state index < -0.39 is 41.6 Å². The molecule has 0 bridgehead atoms. The maximum atomic E-state index is 14.9. The van der Waals surface area contributed by atoms with Crippen molar-refractivity contribution in [1.82, 2.24) is 29.1 Å². The molecule has 14 heteroatoms. The van der Waals surface area contributed by atoms with Crippen LogP contribution in [0.2, 0.25) is 0 Å². The van der Waals surface area contributed by atoms with Gasteiger partial charge in [-0.3, -0.25) is 0 Å². The van der Waals surface area contributed by atoms with Crippen LogP contribution >= 0.6 is 0 Å². The minimum Gasteiger partial charge on any atom is -0.393 e. The molecule has 6 heterocycles. The van der Waals surface area contributed by atoms with Crippen LogP contribution in [-0.4, -0.2) is 45.9 Å². The van der Waals surface area contributed by atoms with E-state index in [4.69, 9.17) is 0 Å². The Morgan fingerprint density at radius 1 is 0.725 bits per heavy atom. The fourth-order valence-corrected chi connectivity index (χ4v) is 8.27. The number of aliphatic hydroxyl groups excluding tert-OH is 1. The van der Waals surface area contributed by atoms with Crippen LogP contribution in [0.5, 0.6) is 0 Å². The number of fused-ring (bicyclic) bond motifs is 6. The van der Waals surface area contributed by atoms with Crippen molar-refractivity contribution in [3.05, 3.63) is 72.1 Å². The van der Waals surface area contributed by atoms with Crippen LogP contribution in [0.4, 0.5) is 30.7 Å². The molecule has 0 spiro atoms. The highest BCUT2D eigenvalue weighted by atomic mass is 19.4. The molecule has 0 saturated heterocycles. The van der Waals surface area contributed by atoms with E-state index in [1.54, 1.807) is 25.0 Å². The van der Waals surface area contributed by atoms with Gasteiger partial charge in [0.15, 0.2) is 0 Å². The first-order valence-corrected chi connectivity index (χ1v) is 17.4. The molecule has 4 aromatic rings. The number of rotatable bonds is 6. The number of aliphatic hydroxyl groups is 1. The summed E-state index contributed by atoms with van der Waals surface area (Å²) in [7, 11) is 0. The molecule has 4 aromatic heterocycles. The Labute approximate surface area is 292 Å². The average molecular weight is 721 g/mol. The van der Waals surface area contributed by atoms with Gasteiger partial charge in [0.05, 0.1) is 66.0 Å². The van der Waals surface area contributed by atoms with Gasteiger partial charge in [0.25, 0.3) is 0 Å². The van der Waals surface area contributed by atoms with Crippen molar-refractivity contribution in [1.29, 1.82) is 0 Å². The number of aromatic nitrogens is 6. The Morgan fingerprint density at radius 3 is 1.75 bits per heavy atom. The molecule has 2 aliphatic heterocycles. The lowest BCUT2D eigenvalue weighted by Gasteiger charge is -2.30. The van der Waals surface area contributed by atoms with Gasteiger partial charge < -0.3 is 14.2 Å². The molecule has 2 aliphatic carbocycles. The van der Waals surface area contributed by atoms with Gasteiger partial charge in [-0.25, -0.2) is 24.3 Å². The molecule has 3 atom stereocenters. The minimum atomic E-state index is -4.49. The van der Waals surface area contributed by atoms with E-state index in [2.05, 4.69) is 19.9 Å². The van der Waals surface area contributed by atoms with Crippen molar-refractivity contribution < 1.29 is 35.8 Å². The van der Waals surface area contributed by atoms with Gasteiger partial charge in [0, 0.05) is 17.5 Å². The lowest BCUT2D eigenvalue weighted by Crippen LogP contribution is -2.27. The van der Waals surface area contributed by atoms with Crippen LogP contribution in [0, 0.1) is 5.92 Å². The first kappa shape index (κ1) is 37.0. The molecule has 0 amide bonds. The van der Waals surface area contributed by atoms with Gasteiger partial charge >= 0.3 is 12.4 Å². The number of hydrogen-bond acceptors (Lipinski definition) is 5. The SMILES string of the molecule is C.FC1(CCC2c3nc(C(F)(F)F)ccc3-c3cncn32)CCCCC1.OC(CC1c2nc(C(F)(F)F)ccc2-c2cncn21)C1CCCCC1. The zero-order valence-corrected chi connectivity index (χ0v) is 27.4. The predicted octanol–water partition coefficient (Wildman–Crippen LogP) is 10.2. The van der Waals surface area contributed by atoms with Crippen molar-refractivity contribution in [2.75, 3.05) is 0 Å². The summed E-state index contributed by atoms with van der Waals surface area (Å²) in [6.45, 7) is 0. The van der Waals surface area contributed by atoms with Gasteiger partial charge in [-0.05, 0) is 68.7 Å². The Balaban J connectivity index is 0.000000172. The van der Waals surface area contributed by atoms with Gasteiger partial charge in [0.1, 0.15) is 17.1 Å². The largest absolute Gasteiger partial charge is 0.433 e. The van der Waals surface area contributed by atoms with E-state index in [1.807, 2.05) is 9.13 Å². The van der Waals surface area contributed by atoms with Gasteiger partial charge in [-0.2, -0.15) is 26.3 Å². The summed E-state index contributed by atoms with van der Waals surface area (Å²) in [5.41, 5.74) is 0.621. The van der Waals surface area contributed by atoms with Crippen molar-refractivity contribution in [3.63, 3.8) is 0 Å². The minimum absolute atomic E-state index is 0. The summed E-state index contributed by atoms with van der Waals surface area (Å²) in [4.78, 5) is 16.0. The monoisotopic (exact) mass is 720 g/mol. The number of alkyl halides is 7. The van der Waals surface area contributed by atoms with Crippen molar-refractivity contribution in [3.8, 4) is 22.5 Å². The van der Waals surface area contributed by atoms with E-state index in [1.165, 1.54) is 18.6 Å². The maximum Gasteiger partial charge on any atom is 0.433 e. The standard InChI is InChI=1S/C18H19F4N3.C18H20F3N3O.CH4/c19-17(7-2-1-3-8-17)9-6-13-16-12(14-10-23-11-25(13)14)4-5-15(24-16)18(20,21)22;19-18(20,21)16-7-6-12-14-9-22-10-24(14)13(17(12)23-16)8-15(25)11-4-2-1-3-5-11;/h4-5,10-11,13H,1-3,6-9H2;6-7,9-11,13,15,25H,1-5,8H2;1H4. The van der Waals surface area contributed by atoms with Crippen LogP contribution in [0.3, 0.4) is 0 Å². The van der Waals surface area contributed by atoms with Crippen LogP contribution < -0.4 is 0 Å². The fraction of sp³-hybridized carbons (Fsp3) is 0.568. The van der Waals surface area contributed by atoms with Gasteiger partial charge in [-0.1, -0.05) is 46.0 Å². The molecule has 1 N–H and O–H groups in total. The van der Waals surface area contributed by atoms with Gasteiger partial charge in [-0.15, -0.1) is 0 Å². The van der Waals surface area contributed by atoms with E-state index >= 15 is 0 Å². The number of halogens is 7. The van der Waals surface area contributed by atoms with Gasteiger partial charge in [0.2, 0.25) is 0 Å². The molecule has 3 unspecified atom stereocenters. The maximum absolute atomic E-state index is 14.9. The lowest BCUT2D eigenvalue weighted by atomic mass is 9.82. The van der Waals surface area contributed by atoms with Crippen LogP contribution in [0.1, 0.15) is 126 Å². The summed E-state index contributed by atoms with van der Waals surface area (Å²) in [5, 5.41) is 10.7. The zero-order chi connectivity index (χ0) is 35.3.